The van der Waals surface area contributed by atoms with Crippen LogP contribution < -0.4 is 15.4 Å². The van der Waals surface area contributed by atoms with Gasteiger partial charge in [-0.05, 0) is 73.3 Å². The van der Waals surface area contributed by atoms with Gasteiger partial charge in [0.25, 0.3) is 5.91 Å². The van der Waals surface area contributed by atoms with Crippen LogP contribution in [0.15, 0.2) is 60.7 Å². The summed E-state index contributed by atoms with van der Waals surface area (Å²) in [6.45, 7) is 1.53. The fourth-order valence-corrected chi connectivity index (χ4v) is 4.31. The summed E-state index contributed by atoms with van der Waals surface area (Å²) in [7, 11) is 4.08. The number of carbonyl (C=O) groups excluding carboxylic acids is 1. The Morgan fingerprint density at radius 2 is 1.94 bits per heavy atom. The number of carbonyl (C=O) groups is 1. The highest BCUT2D eigenvalue weighted by molar-refractivity contribution is 6.37. The van der Waals surface area contributed by atoms with E-state index in [0.29, 0.717) is 23.4 Å². The number of anilines is 2. The van der Waals surface area contributed by atoms with Gasteiger partial charge >= 0.3 is 0 Å². The molecule has 0 aliphatic carbocycles. The van der Waals surface area contributed by atoms with Crippen molar-refractivity contribution >= 4 is 28.6 Å². The molecule has 2 aliphatic rings. The van der Waals surface area contributed by atoms with E-state index in [2.05, 4.69) is 39.8 Å². The Morgan fingerprint density at radius 3 is 2.70 bits per heavy atom. The van der Waals surface area contributed by atoms with Crippen LogP contribution in [-0.2, 0) is 17.8 Å². The fraction of sp³-hybridized carbons (Fsp3) is 0.185. The average molecular weight is 437 g/mol. The highest BCUT2D eigenvalue weighted by Gasteiger charge is 2.29. The molecule has 2 aliphatic heterocycles. The number of nitrogens with zero attached hydrogens (tertiary/aromatic N) is 2. The minimum atomic E-state index is -0.191. The van der Waals surface area contributed by atoms with Gasteiger partial charge in [-0.1, -0.05) is 18.2 Å². The van der Waals surface area contributed by atoms with E-state index >= 15 is 0 Å². The Labute approximate surface area is 193 Å². The van der Waals surface area contributed by atoms with Crippen LogP contribution in [0.5, 0.6) is 5.75 Å². The predicted molar refractivity (Wildman–Crippen MR) is 130 cm³/mol. The van der Waals surface area contributed by atoms with Crippen molar-refractivity contribution in [1.82, 2.24) is 4.90 Å². The van der Waals surface area contributed by atoms with E-state index in [1.54, 1.807) is 12.1 Å². The van der Waals surface area contributed by atoms with Gasteiger partial charge in [-0.25, -0.2) is 0 Å². The monoisotopic (exact) mass is 436 g/mol. The van der Waals surface area contributed by atoms with Gasteiger partial charge in [-0.2, -0.15) is 5.26 Å². The number of fused-ring (bicyclic) bond motifs is 2. The summed E-state index contributed by atoms with van der Waals surface area (Å²) in [5.41, 5.74) is 7.38. The molecule has 3 aromatic rings. The second-order valence-corrected chi connectivity index (χ2v) is 8.56. The number of rotatable bonds is 5. The van der Waals surface area contributed by atoms with Crippen molar-refractivity contribution in [3.8, 4) is 11.8 Å². The van der Waals surface area contributed by atoms with Gasteiger partial charge in [-0.15, -0.1) is 0 Å². The number of hydrogen-bond acceptors (Lipinski definition) is 5. The largest absolute Gasteiger partial charge is 0.493 e. The smallest absolute Gasteiger partial charge is 0.258 e. The van der Waals surface area contributed by atoms with Gasteiger partial charge in [0.15, 0.2) is 0 Å². The Bertz CT molecular complexity index is 1320. The molecule has 0 atom stereocenters. The van der Waals surface area contributed by atoms with Crippen LogP contribution in [0, 0.1) is 11.3 Å². The van der Waals surface area contributed by atoms with Crippen LogP contribution in [0.3, 0.4) is 0 Å². The van der Waals surface area contributed by atoms with Crippen molar-refractivity contribution in [1.29, 1.82) is 5.26 Å². The number of amides is 1. The summed E-state index contributed by atoms with van der Waals surface area (Å²) in [6, 6.07) is 21.7. The first-order valence-corrected chi connectivity index (χ1v) is 10.9. The minimum absolute atomic E-state index is 0.191. The molecule has 5 rings (SSSR count). The molecule has 164 valence electrons. The minimum Gasteiger partial charge on any atom is -0.493 e. The molecule has 0 spiro atoms. The number of benzene rings is 3. The topological polar surface area (TPSA) is 77.4 Å². The molecule has 0 unspecified atom stereocenters. The molecule has 1 amide bonds. The second kappa shape index (κ2) is 8.45. The summed E-state index contributed by atoms with van der Waals surface area (Å²) in [5, 5.41) is 15.7. The number of nitriles is 1. The fourth-order valence-electron chi connectivity index (χ4n) is 4.31. The normalized spacial score (nSPS) is 15.4. The zero-order valence-corrected chi connectivity index (χ0v) is 18.6. The van der Waals surface area contributed by atoms with E-state index in [0.717, 1.165) is 46.8 Å². The molecular formula is C27H24N4O2. The lowest BCUT2D eigenvalue weighted by atomic mass is 9.97. The molecule has 33 heavy (non-hydrogen) atoms. The Morgan fingerprint density at radius 1 is 1.12 bits per heavy atom. The summed E-state index contributed by atoms with van der Waals surface area (Å²) < 4.78 is 5.67. The molecular weight excluding hydrogens is 412 g/mol. The van der Waals surface area contributed by atoms with Gasteiger partial charge in [0.1, 0.15) is 5.75 Å². The van der Waals surface area contributed by atoms with E-state index in [-0.39, 0.29) is 5.91 Å². The molecule has 2 N–H and O–H groups in total. The first-order chi connectivity index (χ1) is 16.0. The lowest BCUT2D eigenvalue weighted by molar-refractivity contribution is -0.110. The van der Waals surface area contributed by atoms with E-state index < -0.39 is 0 Å². The number of hydrogen-bond donors (Lipinski definition) is 2. The molecule has 6 nitrogen and oxygen atoms in total. The Hall–Kier alpha value is -4.08. The zero-order chi connectivity index (χ0) is 22.9. The average Bonchev–Trinajstić information content (AvgIpc) is 3.40. The third kappa shape index (κ3) is 4.07. The third-order valence-corrected chi connectivity index (χ3v) is 5.84. The maximum atomic E-state index is 13.1. The zero-order valence-electron chi connectivity index (χ0n) is 18.6. The summed E-state index contributed by atoms with van der Waals surface area (Å²) in [5.74, 6) is 0.703. The lowest BCUT2D eigenvalue weighted by Crippen LogP contribution is -2.11. The van der Waals surface area contributed by atoms with Crippen LogP contribution in [0.4, 0.5) is 11.4 Å². The standard InChI is InChI=1S/C27H24N4O2/c1-31(2)16-17-3-7-21(8-4-17)29-26(20-6-10-24-19(14-20)11-12-33-24)25-22-9-5-18(15-28)13-23(22)30-27(25)32/h3-10,13-14,29H,11-12,16H2,1-2H3,(H,30,32). The summed E-state index contributed by atoms with van der Waals surface area (Å²) in [4.78, 5) is 15.2. The molecule has 3 aromatic carbocycles. The van der Waals surface area contributed by atoms with Crippen LogP contribution >= 0.6 is 0 Å². The quantitative estimate of drug-likeness (QED) is 0.577. The van der Waals surface area contributed by atoms with Gasteiger partial charge < -0.3 is 20.3 Å². The van der Waals surface area contributed by atoms with Crippen LogP contribution in [0.25, 0.3) is 11.3 Å². The summed E-state index contributed by atoms with van der Waals surface area (Å²) in [6.07, 6.45) is 0.847. The molecule has 6 heteroatoms. The van der Waals surface area contributed by atoms with Gasteiger partial charge in [-0.3, -0.25) is 4.79 Å². The van der Waals surface area contributed by atoms with Crippen molar-refractivity contribution in [2.75, 3.05) is 31.3 Å². The first-order valence-electron chi connectivity index (χ1n) is 10.9. The van der Waals surface area contributed by atoms with E-state index in [9.17, 15) is 10.1 Å². The second-order valence-electron chi connectivity index (χ2n) is 8.56. The first kappa shape index (κ1) is 20.8. The molecule has 0 saturated heterocycles. The van der Waals surface area contributed by atoms with E-state index in [1.807, 2.05) is 44.4 Å². The SMILES string of the molecule is CN(C)Cc1ccc(NC(=C2C(=O)Nc3cc(C#N)ccc32)c2ccc3c(c2)CCO3)cc1. The summed E-state index contributed by atoms with van der Waals surface area (Å²) >= 11 is 0. The third-order valence-electron chi connectivity index (χ3n) is 5.84. The van der Waals surface area contributed by atoms with Crippen molar-refractivity contribution < 1.29 is 9.53 Å². The predicted octanol–water partition coefficient (Wildman–Crippen LogP) is 4.49. The lowest BCUT2D eigenvalue weighted by Gasteiger charge is -2.16. The molecule has 0 aromatic heterocycles. The van der Waals surface area contributed by atoms with Crippen molar-refractivity contribution in [2.24, 2.45) is 0 Å². The molecule has 0 bridgehead atoms. The van der Waals surface area contributed by atoms with Gasteiger partial charge in [0.05, 0.1) is 35.2 Å². The van der Waals surface area contributed by atoms with Crippen molar-refractivity contribution in [2.45, 2.75) is 13.0 Å². The highest BCUT2D eigenvalue weighted by atomic mass is 16.5. The van der Waals surface area contributed by atoms with Gasteiger partial charge in [0.2, 0.25) is 0 Å². The van der Waals surface area contributed by atoms with Crippen molar-refractivity contribution in [3.05, 3.63) is 88.5 Å². The van der Waals surface area contributed by atoms with Gasteiger partial charge in [0, 0.05) is 24.2 Å². The maximum absolute atomic E-state index is 13.1. The number of ether oxygens (including phenoxy) is 1. The highest BCUT2D eigenvalue weighted by Crippen LogP contribution is 2.39. The Kier molecular flexibility index (Phi) is 5.33. The molecule has 2 heterocycles. The molecule has 0 radical (unpaired) electrons. The Balaban J connectivity index is 1.61. The van der Waals surface area contributed by atoms with Crippen LogP contribution in [0.2, 0.25) is 0 Å². The number of nitrogens with one attached hydrogen (secondary N) is 2. The van der Waals surface area contributed by atoms with Crippen molar-refractivity contribution in [3.63, 3.8) is 0 Å². The molecule has 0 fully saturated rings. The van der Waals surface area contributed by atoms with E-state index in [4.69, 9.17) is 4.74 Å². The van der Waals surface area contributed by atoms with Crippen LogP contribution in [0.1, 0.15) is 27.8 Å². The molecule has 0 saturated carbocycles. The van der Waals surface area contributed by atoms with E-state index in [1.165, 1.54) is 5.56 Å². The maximum Gasteiger partial charge on any atom is 0.258 e. The van der Waals surface area contributed by atoms with Crippen LogP contribution in [-0.4, -0.2) is 31.5 Å².